The monoisotopic (exact) mass is 542 g/mol. The number of ether oxygens (including phenoxy) is 1. The number of nitrogens with zero attached hydrogens (tertiary/aromatic N) is 5. The van der Waals surface area contributed by atoms with E-state index in [2.05, 4.69) is 27.1 Å². The van der Waals surface area contributed by atoms with Crippen molar-refractivity contribution in [1.82, 2.24) is 19.4 Å². The molecule has 0 spiro atoms. The first-order chi connectivity index (χ1) is 19.1. The van der Waals surface area contributed by atoms with Gasteiger partial charge < -0.3 is 35.5 Å². The number of methoxy groups -OCH3 is 1. The first-order valence-electron chi connectivity index (χ1n) is 12.6. The maximum absolute atomic E-state index is 12.3. The van der Waals surface area contributed by atoms with Crippen molar-refractivity contribution in [2.75, 3.05) is 56.9 Å². The summed E-state index contributed by atoms with van der Waals surface area (Å²) in [6, 6.07) is 11.1. The molecule has 0 unspecified atom stereocenters. The molecule has 2 aromatic heterocycles. The van der Waals surface area contributed by atoms with Crippen LogP contribution in [-0.2, 0) is 4.79 Å². The standard InChI is InChI=1S/C29H34N8O3/c1-7-26(38)32-21-14-22(25(40-6)15-24(21)36(5)13-12-35(3)4)33-29-31-16-18(2)28(34-29)37-17-20(27(30)39)19-10-8-9-11-23(19)37/h7-11,14-17H,1,12-13H2,2-6H3,(H2,30,39)(H,32,38)(H,31,33,34). The first kappa shape index (κ1) is 28.1. The van der Waals surface area contributed by atoms with Crippen LogP contribution in [0.25, 0.3) is 16.7 Å². The number of primary amides is 1. The highest BCUT2D eigenvalue weighted by molar-refractivity contribution is 6.06. The Hall–Kier alpha value is -4.90. The number of aromatic nitrogens is 3. The van der Waals surface area contributed by atoms with E-state index in [1.165, 1.54) is 6.08 Å². The molecule has 0 aliphatic carbocycles. The van der Waals surface area contributed by atoms with Gasteiger partial charge in [-0.3, -0.25) is 9.59 Å². The van der Waals surface area contributed by atoms with E-state index in [0.29, 0.717) is 34.5 Å². The summed E-state index contributed by atoms with van der Waals surface area (Å²) in [5.41, 5.74) is 9.55. The van der Waals surface area contributed by atoms with Crippen LogP contribution in [0.1, 0.15) is 15.9 Å². The molecule has 2 aromatic carbocycles. The van der Waals surface area contributed by atoms with Crippen LogP contribution in [-0.4, -0.2) is 72.6 Å². The van der Waals surface area contributed by atoms with E-state index in [9.17, 15) is 9.59 Å². The molecule has 0 saturated carbocycles. The van der Waals surface area contributed by atoms with Gasteiger partial charge >= 0.3 is 0 Å². The Labute approximate surface area is 233 Å². The molecule has 0 atom stereocenters. The second-order valence-electron chi connectivity index (χ2n) is 9.61. The normalized spacial score (nSPS) is 10.9. The van der Waals surface area contributed by atoms with Gasteiger partial charge in [-0.2, -0.15) is 4.98 Å². The van der Waals surface area contributed by atoms with Crippen LogP contribution < -0.4 is 26.0 Å². The number of hydrogen-bond donors (Lipinski definition) is 3. The largest absolute Gasteiger partial charge is 0.494 e. The summed E-state index contributed by atoms with van der Waals surface area (Å²) in [7, 11) is 7.53. The molecular formula is C29H34N8O3. The average molecular weight is 543 g/mol. The summed E-state index contributed by atoms with van der Waals surface area (Å²) in [5, 5.41) is 6.86. The van der Waals surface area contributed by atoms with Gasteiger partial charge in [-0.15, -0.1) is 0 Å². The number of likely N-dealkylation sites (N-methyl/N-ethyl adjacent to an activating group) is 2. The zero-order valence-electron chi connectivity index (χ0n) is 23.4. The van der Waals surface area contributed by atoms with E-state index in [1.807, 2.05) is 67.9 Å². The number of benzene rings is 2. The lowest BCUT2D eigenvalue weighted by molar-refractivity contribution is -0.111. The molecule has 11 nitrogen and oxygen atoms in total. The van der Waals surface area contributed by atoms with E-state index < -0.39 is 5.91 Å². The summed E-state index contributed by atoms with van der Waals surface area (Å²) < 4.78 is 7.53. The molecule has 0 fully saturated rings. The number of rotatable bonds is 11. The first-order valence-corrected chi connectivity index (χ1v) is 12.6. The van der Waals surface area contributed by atoms with Gasteiger partial charge in [0.2, 0.25) is 11.9 Å². The molecule has 0 saturated heterocycles. The van der Waals surface area contributed by atoms with Crippen molar-refractivity contribution in [2.45, 2.75) is 6.92 Å². The van der Waals surface area contributed by atoms with Gasteiger partial charge in [0.25, 0.3) is 5.91 Å². The smallest absolute Gasteiger partial charge is 0.250 e. The number of aryl methyl sites for hydroxylation is 1. The van der Waals surface area contributed by atoms with Crippen molar-refractivity contribution >= 4 is 45.7 Å². The number of carbonyl (C=O) groups is 2. The molecule has 208 valence electrons. The third-order valence-electron chi connectivity index (χ3n) is 6.45. The molecule has 4 N–H and O–H groups in total. The fourth-order valence-corrected chi connectivity index (χ4v) is 4.31. The highest BCUT2D eigenvalue weighted by atomic mass is 16.5. The summed E-state index contributed by atoms with van der Waals surface area (Å²) in [6.07, 6.45) is 4.60. The molecule has 0 bridgehead atoms. The third-order valence-corrected chi connectivity index (χ3v) is 6.45. The van der Waals surface area contributed by atoms with Crippen molar-refractivity contribution in [3.8, 4) is 11.6 Å². The minimum absolute atomic E-state index is 0.298. The van der Waals surface area contributed by atoms with Crippen LogP contribution in [0.2, 0.25) is 0 Å². The molecule has 0 aliphatic heterocycles. The maximum Gasteiger partial charge on any atom is 0.250 e. The van der Waals surface area contributed by atoms with Crippen LogP contribution in [0.4, 0.5) is 23.0 Å². The van der Waals surface area contributed by atoms with E-state index in [4.69, 9.17) is 15.5 Å². The lowest BCUT2D eigenvalue weighted by atomic mass is 10.2. The molecule has 4 rings (SSSR count). The molecule has 4 aromatic rings. The zero-order chi connectivity index (χ0) is 29.0. The molecule has 0 aliphatic rings. The van der Waals surface area contributed by atoms with Crippen LogP contribution in [0, 0.1) is 6.92 Å². The Kier molecular flexibility index (Phi) is 8.34. The van der Waals surface area contributed by atoms with Crippen molar-refractivity contribution in [3.63, 3.8) is 0 Å². The predicted octanol–water partition coefficient (Wildman–Crippen LogP) is 3.70. The molecular weight excluding hydrogens is 508 g/mol. The number of anilines is 4. The Morgan fingerprint density at radius 3 is 2.58 bits per heavy atom. The third kappa shape index (κ3) is 5.89. The van der Waals surface area contributed by atoms with Gasteiger partial charge in [-0.05, 0) is 39.2 Å². The van der Waals surface area contributed by atoms with Crippen molar-refractivity contribution in [2.24, 2.45) is 5.73 Å². The molecule has 11 heteroatoms. The van der Waals surface area contributed by atoms with Gasteiger partial charge in [0, 0.05) is 49.5 Å². The van der Waals surface area contributed by atoms with Gasteiger partial charge in [-0.25, -0.2) is 4.98 Å². The van der Waals surface area contributed by atoms with Crippen molar-refractivity contribution in [1.29, 1.82) is 0 Å². The Balaban J connectivity index is 1.77. The Morgan fingerprint density at radius 2 is 1.90 bits per heavy atom. The van der Waals surface area contributed by atoms with E-state index in [-0.39, 0.29) is 5.91 Å². The number of para-hydroxylation sites is 1. The minimum atomic E-state index is -0.519. The fourth-order valence-electron chi connectivity index (χ4n) is 4.31. The fraction of sp³-hybridized carbons (Fsp3) is 0.241. The van der Waals surface area contributed by atoms with Crippen molar-refractivity contribution < 1.29 is 14.3 Å². The second-order valence-corrected chi connectivity index (χ2v) is 9.61. The molecule has 0 radical (unpaired) electrons. The van der Waals surface area contributed by atoms with Crippen LogP contribution in [0.5, 0.6) is 5.75 Å². The molecule has 40 heavy (non-hydrogen) atoms. The minimum Gasteiger partial charge on any atom is -0.494 e. The van der Waals surface area contributed by atoms with Crippen LogP contribution in [0.15, 0.2) is 61.4 Å². The number of fused-ring (bicyclic) bond motifs is 1. The number of carbonyl (C=O) groups excluding carboxylic acids is 2. The lowest BCUT2D eigenvalue weighted by Crippen LogP contribution is -2.29. The van der Waals surface area contributed by atoms with Crippen molar-refractivity contribution in [3.05, 3.63) is 72.6 Å². The number of amides is 2. The Bertz CT molecular complexity index is 1580. The number of nitrogens with two attached hydrogens (primary N) is 1. The van der Waals surface area contributed by atoms with Crippen LogP contribution in [0.3, 0.4) is 0 Å². The number of hydrogen-bond acceptors (Lipinski definition) is 8. The summed E-state index contributed by atoms with van der Waals surface area (Å²) in [5.74, 6) is 0.565. The van der Waals surface area contributed by atoms with Gasteiger partial charge in [0.15, 0.2) is 0 Å². The summed E-state index contributed by atoms with van der Waals surface area (Å²) >= 11 is 0. The van der Waals surface area contributed by atoms with E-state index >= 15 is 0 Å². The van der Waals surface area contributed by atoms with E-state index in [0.717, 1.165) is 35.2 Å². The number of nitrogens with one attached hydrogen (secondary N) is 2. The highest BCUT2D eigenvalue weighted by Gasteiger charge is 2.19. The zero-order valence-corrected chi connectivity index (χ0v) is 23.4. The quantitative estimate of drug-likeness (QED) is 0.245. The average Bonchev–Trinajstić information content (AvgIpc) is 3.32. The van der Waals surface area contributed by atoms with Gasteiger partial charge in [0.1, 0.15) is 11.6 Å². The Morgan fingerprint density at radius 1 is 1.15 bits per heavy atom. The SMILES string of the molecule is C=CC(=O)Nc1cc(Nc2ncc(C)c(-n3cc(C(N)=O)c4ccccc43)n2)c(OC)cc1N(C)CCN(C)C. The maximum atomic E-state index is 12.3. The van der Waals surface area contributed by atoms with Crippen LogP contribution >= 0.6 is 0 Å². The molecule has 2 amide bonds. The predicted molar refractivity (Wildman–Crippen MR) is 159 cm³/mol. The topological polar surface area (TPSA) is 131 Å². The highest BCUT2D eigenvalue weighted by Crippen LogP contribution is 2.38. The second kappa shape index (κ2) is 11.9. The van der Waals surface area contributed by atoms with E-state index in [1.54, 1.807) is 25.6 Å². The summed E-state index contributed by atoms with van der Waals surface area (Å²) in [6.45, 7) is 7.00. The summed E-state index contributed by atoms with van der Waals surface area (Å²) in [4.78, 5) is 37.7. The lowest BCUT2D eigenvalue weighted by Gasteiger charge is -2.26. The van der Waals surface area contributed by atoms with Gasteiger partial charge in [-0.1, -0.05) is 24.8 Å². The van der Waals surface area contributed by atoms with Gasteiger partial charge in [0.05, 0.1) is 35.3 Å². The molecule has 2 heterocycles.